The first-order valence-corrected chi connectivity index (χ1v) is 15.7. The number of hydrogen-bond donors (Lipinski definition) is 1. The number of carbonyl (C=O) groups is 2. The number of nitriles is 1. The number of anilines is 2. The van der Waals surface area contributed by atoms with E-state index in [1.54, 1.807) is 4.90 Å². The topological polar surface area (TPSA) is 115 Å². The van der Waals surface area contributed by atoms with Crippen molar-refractivity contribution in [3.8, 4) is 17.8 Å². The zero-order valence-electron chi connectivity index (χ0n) is 25.6. The second-order valence-electron chi connectivity index (χ2n) is 12.6. The number of nitrogens with one attached hydrogen (secondary N) is 1. The fourth-order valence-electron chi connectivity index (χ4n) is 7.59. The van der Waals surface area contributed by atoms with Crippen molar-refractivity contribution in [2.45, 2.75) is 56.5 Å². The molecule has 4 heterocycles. The third-order valence-electron chi connectivity index (χ3n) is 9.85. The van der Waals surface area contributed by atoms with E-state index in [-0.39, 0.29) is 30.3 Å². The molecule has 1 aromatic heterocycles. The Morgan fingerprint density at radius 1 is 1.16 bits per heavy atom. The number of aryl methyl sites for hydroxylation is 1. The number of likely N-dealkylation sites (N-methyl/N-ethyl adjacent to an activating group) is 1. The summed E-state index contributed by atoms with van der Waals surface area (Å²) in [7, 11) is 2.12. The van der Waals surface area contributed by atoms with Crippen LogP contribution in [-0.2, 0) is 40.8 Å². The molecule has 0 unspecified atom stereocenters. The summed E-state index contributed by atoms with van der Waals surface area (Å²) in [5, 5.41) is 12.8. The van der Waals surface area contributed by atoms with Gasteiger partial charge in [-0.15, -0.1) is 0 Å². The van der Waals surface area contributed by atoms with Gasteiger partial charge in [-0.05, 0) is 61.6 Å². The summed E-state index contributed by atoms with van der Waals surface area (Å²) in [4.78, 5) is 42.7. The molecule has 2 aromatic carbocycles. The van der Waals surface area contributed by atoms with Crippen LogP contribution in [0.5, 0.6) is 11.8 Å². The number of piperazine rings is 1. The molecular formula is C35H37N7O3. The summed E-state index contributed by atoms with van der Waals surface area (Å²) in [6, 6.07) is 16.4. The van der Waals surface area contributed by atoms with Crippen LogP contribution in [0.15, 0.2) is 55.1 Å². The van der Waals surface area contributed by atoms with Crippen LogP contribution in [0, 0.1) is 11.3 Å². The Kier molecular flexibility index (Phi) is 7.50. The van der Waals surface area contributed by atoms with E-state index in [0.717, 1.165) is 61.3 Å². The van der Waals surface area contributed by atoms with Crippen molar-refractivity contribution < 1.29 is 14.3 Å². The van der Waals surface area contributed by atoms with Crippen LogP contribution in [0.2, 0.25) is 0 Å². The summed E-state index contributed by atoms with van der Waals surface area (Å²) in [6.07, 6.45) is 5.36. The van der Waals surface area contributed by atoms with Gasteiger partial charge in [-0.3, -0.25) is 9.59 Å². The van der Waals surface area contributed by atoms with Gasteiger partial charge in [0.25, 0.3) is 0 Å². The molecule has 1 aliphatic carbocycles. The molecule has 1 spiro atoms. The molecule has 4 aliphatic rings. The van der Waals surface area contributed by atoms with Crippen LogP contribution in [0.3, 0.4) is 0 Å². The number of hydrogen-bond acceptors (Lipinski definition) is 8. The van der Waals surface area contributed by atoms with E-state index in [4.69, 9.17) is 14.7 Å². The van der Waals surface area contributed by atoms with Crippen molar-refractivity contribution in [1.82, 2.24) is 19.8 Å². The molecule has 2 amide bonds. The summed E-state index contributed by atoms with van der Waals surface area (Å²) < 4.78 is 6.52. The van der Waals surface area contributed by atoms with E-state index in [1.165, 1.54) is 17.2 Å². The van der Waals surface area contributed by atoms with Gasteiger partial charge in [-0.1, -0.05) is 43.0 Å². The molecule has 45 heavy (non-hydrogen) atoms. The van der Waals surface area contributed by atoms with Crippen molar-refractivity contribution in [3.63, 3.8) is 0 Å². The van der Waals surface area contributed by atoms with Gasteiger partial charge in [0.2, 0.25) is 11.8 Å². The van der Waals surface area contributed by atoms with Gasteiger partial charge >= 0.3 is 6.01 Å². The molecule has 1 saturated heterocycles. The minimum absolute atomic E-state index is 0.0454. The Hall–Kier alpha value is -4.75. The first-order chi connectivity index (χ1) is 21.9. The molecular weight excluding hydrogens is 566 g/mol. The molecule has 7 rings (SSSR count). The fourth-order valence-corrected chi connectivity index (χ4v) is 7.59. The Balaban J connectivity index is 1.31. The maximum Gasteiger partial charge on any atom is 0.324 e. The van der Waals surface area contributed by atoms with Gasteiger partial charge < -0.3 is 24.8 Å². The number of fused-ring (bicyclic) bond motifs is 4. The quantitative estimate of drug-likeness (QED) is 0.433. The molecule has 3 aromatic rings. The second kappa shape index (κ2) is 11.6. The predicted molar refractivity (Wildman–Crippen MR) is 170 cm³/mol. The number of carbonyl (C=O) groups excluding carboxylic acids is 2. The highest BCUT2D eigenvalue weighted by molar-refractivity contribution is 6.04. The third kappa shape index (κ3) is 5.11. The van der Waals surface area contributed by atoms with Gasteiger partial charge in [0.05, 0.1) is 29.6 Å². The average molecular weight is 604 g/mol. The molecule has 10 heteroatoms. The van der Waals surface area contributed by atoms with Gasteiger partial charge in [0.15, 0.2) is 5.82 Å². The lowest BCUT2D eigenvalue weighted by atomic mass is 9.65. The summed E-state index contributed by atoms with van der Waals surface area (Å²) in [5.74, 6) is 1.05. The van der Waals surface area contributed by atoms with Crippen molar-refractivity contribution in [2.75, 3.05) is 43.4 Å². The number of amides is 2. The second-order valence-corrected chi connectivity index (χ2v) is 12.6. The van der Waals surface area contributed by atoms with Gasteiger partial charge in [-0.25, -0.2) is 0 Å². The molecule has 1 N–H and O–H groups in total. The minimum atomic E-state index is -0.723. The first kappa shape index (κ1) is 29.0. The van der Waals surface area contributed by atoms with Crippen molar-refractivity contribution in [2.24, 2.45) is 0 Å². The van der Waals surface area contributed by atoms with E-state index in [1.807, 2.05) is 29.2 Å². The van der Waals surface area contributed by atoms with Crippen molar-refractivity contribution in [1.29, 1.82) is 5.26 Å². The number of rotatable bonds is 5. The zero-order chi connectivity index (χ0) is 31.1. The summed E-state index contributed by atoms with van der Waals surface area (Å²) in [6.45, 7) is 6.69. The minimum Gasteiger partial charge on any atom is -0.424 e. The SMILES string of the molecule is C=CC(=O)N1CCN(c2nc(Oc3cccc4c3CCN(C)C4)nc3c2NC(=O)[C@@]2(CCCc4ccccc42)C3)C[C@@H]1CC#N. The number of benzene rings is 2. The third-order valence-corrected chi connectivity index (χ3v) is 9.85. The normalized spacial score (nSPS) is 22.5. The Bertz CT molecular complexity index is 1730. The highest BCUT2D eigenvalue weighted by atomic mass is 16.5. The lowest BCUT2D eigenvalue weighted by Crippen LogP contribution is -2.55. The van der Waals surface area contributed by atoms with Crippen LogP contribution in [-0.4, -0.2) is 70.9 Å². The number of ether oxygens (including phenoxy) is 1. The van der Waals surface area contributed by atoms with Crippen LogP contribution < -0.4 is 15.0 Å². The van der Waals surface area contributed by atoms with E-state index < -0.39 is 5.41 Å². The molecule has 10 nitrogen and oxygen atoms in total. The van der Waals surface area contributed by atoms with Gasteiger partial charge in [-0.2, -0.15) is 15.2 Å². The van der Waals surface area contributed by atoms with E-state index >= 15 is 0 Å². The smallest absolute Gasteiger partial charge is 0.324 e. The monoisotopic (exact) mass is 603 g/mol. The molecule has 0 saturated carbocycles. The fraction of sp³-hybridized carbons (Fsp3) is 0.400. The average Bonchev–Trinajstić information content (AvgIpc) is 3.05. The predicted octanol–water partition coefficient (Wildman–Crippen LogP) is 4.14. The molecule has 2 atom stereocenters. The number of nitrogens with zero attached hydrogens (tertiary/aromatic N) is 6. The van der Waals surface area contributed by atoms with Crippen LogP contribution in [0.4, 0.5) is 11.5 Å². The van der Waals surface area contributed by atoms with Crippen LogP contribution in [0.25, 0.3) is 0 Å². The number of aromatic nitrogens is 2. The van der Waals surface area contributed by atoms with E-state index in [0.29, 0.717) is 37.6 Å². The lowest BCUT2D eigenvalue weighted by Gasteiger charge is -2.44. The van der Waals surface area contributed by atoms with Crippen LogP contribution in [0.1, 0.15) is 47.2 Å². The Labute approximate surface area is 263 Å². The first-order valence-electron chi connectivity index (χ1n) is 15.7. The van der Waals surface area contributed by atoms with Gasteiger partial charge in [0.1, 0.15) is 11.4 Å². The van der Waals surface area contributed by atoms with Crippen LogP contribution >= 0.6 is 0 Å². The maximum atomic E-state index is 14.1. The molecule has 0 bridgehead atoms. The van der Waals surface area contributed by atoms with Gasteiger partial charge in [0, 0.05) is 44.7 Å². The molecule has 1 fully saturated rings. The summed E-state index contributed by atoms with van der Waals surface area (Å²) >= 11 is 0. The Morgan fingerprint density at radius 3 is 2.84 bits per heavy atom. The molecule has 0 radical (unpaired) electrons. The molecule has 3 aliphatic heterocycles. The highest BCUT2D eigenvalue weighted by Gasteiger charge is 2.48. The van der Waals surface area contributed by atoms with E-state index in [2.05, 4.69) is 48.1 Å². The van der Waals surface area contributed by atoms with E-state index in [9.17, 15) is 14.9 Å². The Morgan fingerprint density at radius 2 is 2.00 bits per heavy atom. The lowest BCUT2D eigenvalue weighted by molar-refractivity contribution is -0.128. The zero-order valence-corrected chi connectivity index (χ0v) is 25.6. The molecule has 230 valence electrons. The standard InChI is InChI=1S/C35H37N7O3/c1-3-30(43)42-19-18-41(22-25(42)13-16-36)32-31-28(20-35(33(44)38-31)15-7-10-23-8-4-5-11-27(23)35)37-34(39-32)45-29-12-6-9-24-21-40(2)17-14-26(24)29/h3-6,8-9,11-12,25H,1,7,10,13-15,17-22H2,2H3,(H,38,44)/t25-,35-/m0/s1. The summed E-state index contributed by atoms with van der Waals surface area (Å²) in [5.41, 5.74) is 5.25. The maximum absolute atomic E-state index is 14.1. The van der Waals surface area contributed by atoms with Crippen molar-refractivity contribution >= 4 is 23.3 Å². The largest absolute Gasteiger partial charge is 0.424 e. The highest BCUT2D eigenvalue weighted by Crippen LogP contribution is 2.47. The van der Waals surface area contributed by atoms with Crippen molar-refractivity contribution in [3.05, 3.63) is 83.1 Å².